The maximum absolute atomic E-state index is 11.7. The molecule has 1 fully saturated rings. The van der Waals surface area contributed by atoms with Crippen LogP contribution in [-0.2, 0) is 11.3 Å². The number of methoxy groups -OCH3 is 1. The minimum Gasteiger partial charge on any atom is -0.464 e. The second-order valence-electron chi connectivity index (χ2n) is 6.04. The Balaban J connectivity index is 1.77. The third kappa shape index (κ3) is 3.12. The maximum Gasteiger partial charge on any atom is 0.356 e. The van der Waals surface area contributed by atoms with E-state index < -0.39 is 5.97 Å². The molecular formula is C15H21N5O3. The Bertz CT molecular complexity index is 678. The fourth-order valence-electron chi connectivity index (χ4n) is 2.84. The molecular weight excluding hydrogens is 298 g/mol. The van der Waals surface area contributed by atoms with Gasteiger partial charge < -0.3 is 9.26 Å². The summed E-state index contributed by atoms with van der Waals surface area (Å²) in [5.74, 6) is 1.20. The number of esters is 1. The highest BCUT2D eigenvalue weighted by molar-refractivity contribution is 5.88. The first-order valence-corrected chi connectivity index (χ1v) is 7.78. The van der Waals surface area contributed by atoms with Gasteiger partial charge in [0.15, 0.2) is 5.82 Å². The van der Waals surface area contributed by atoms with E-state index in [9.17, 15) is 4.79 Å². The molecule has 0 unspecified atom stereocenters. The van der Waals surface area contributed by atoms with Crippen LogP contribution in [-0.4, -0.2) is 44.9 Å². The Hall–Kier alpha value is -2.22. The Labute approximate surface area is 134 Å². The first-order chi connectivity index (χ1) is 11.1. The van der Waals surface area contributed by atoms with E-state index in [1.54, 1.807) is 6.20 Å². The molecule has 0 saturated carbocycles. The lowest BCUT2D eigenvalue weighted by molar-refractivity contribution is 0.0591. The largest absolute Gasteiger partial charge is 0.464 e. The number of aromatic amines is 1. The molecule has 0 aliphatic carbocycles. The molecule has 2 aromatic heterocycles. The standard InChI is InChI=1S/C15H21N5O3/c1-9(2)13-17-14(23-19-13)11-5-4-6-20(11)8-10-7-16-18-12(10)15(21)22-3/h7,9,11H,4-6,8H2,1-3H3,(H,16,18)/t11-/m1/s1. The van der Waals surface area contributed by atoms with Crippen molar-refractivity contribution in [3.8, 4) is 0 Å². The summed E-state index contributed by atoms with van der Waals surface area (Å²) < 4.78 is 10.2. The number of carbonyl (C=O) groups excluding carboxylic acids is 1. The molecule has 0 spiro atoms. The second kappa shape index (κ2) is 6.49. The van der Waals surface area contributed by atoms with Gasteiger partial charge in [0.1, 0.15) is 5.69 Å². The summed E-state index contributed by atoms with van der Waals surface area (Å²) in [5.41, 5.74) is 1.21. The van der Waals surface area contributed by atoms with Crippen LogP contribution in [0.3, 0.4) is 0 Å². The quantitative estimate of drug-likeness (QED) is 0.842. The number of carbonyl (C=O) groups is 1. The number of H-pyrrole nitrogens is 1. The van der Waals surface area contributed by atoms with Gasteiger partial charge in [-0.3, -0.25) is 10.00 Å². The zero-order valence-corrected chi connectivity index (χ0v) is 13.6. The topological polar surface area (TPSA) is 97.1 Å². The van der Waals surface area contributed by atoms with Crippen molar-refractivity contribution in [2.75, 3.05) is 13.7 Å². The molecule has 1 aliphatic heterocycles. The Kier molecular flexibility index (Phi) is 4.42. The maximum atomic E-state index is 11.7. The lowest BCUT2D eigenvalue weighted by Gasteiger charge is -2.21. The van der Waals surface area contributed by atoms with Crippen molar-refractivity contribution < 1.29 is 14.1 Å². The van der Waals surface area contributed by atoms with Crippen molar-refractivity contribution in [3.63, 3.8) is 0 Å². The third-order valence-electron chi connectivity index (χ3n) is 4.10. The number of aromatic nitrogens is 4. The highest BCUT2D eigenvalue weighted by Crippen LogP contribution is 2.33. The van der Waals surface area contributed by atoms with Crippen molar-refractivity contribution in [3.05, 3.63) is 29.2 Å². The number of rotatable bonds is 5. The molecule has 0 amide bonds. The van der Waals surface area contributed by atoms with Crippen molar-refractivity contribution in [2.24, 2.45) is 0 Å². The molecule has 1 N–H and O–H groups in total. The molecule has 23 heavy (non-hydrogen) atoms. The molecule has 124 valence electrons. The summed E-state index contributed by atoms with van der Waals surface area (Å²) in [6, 6.07) is 0.0791. The van der Waals surface area contributed by atoms with E-state index in [1.807, 2.05) is 13.8 Å². The Morgan fingerprint density at radius 2 is 2.39 bits per heavy atom. The van der Waals surface area contributed by atoms with E-state index in [1.165, 1.54) is 7.11 Å². The molecule has 0 aromatic carbocycles. The summed E-state index contributed by atoms with van der Waals surface area (Å²) in [5, 5.41) is 10.7. The number of nitrogens with one attached hydrogen (secondary N) is 1. The van der Waals surface area contributed by atoms with Crippen LogP contribution in [0.2, 0.25) is 0 Å². The molecule has 3 rings (SSSR count). The minimum absolute atomic E-state index is 0.0791. The fraction of sp³-hybridized carbons (Fsp3) is 0.600. The van der Waals surface area contributed by atoms with Crippen molar-refractivity contribution in [2.45, 2.75) is 45.2 Å². The van der Waals surface area contributed by atoms with Crippen LogP contribution in [0, 0.1) is 0 Å². The summed E-state index contributed by atoms with van der Waals surface area (Å²) in [7, 11) is 1.36. The predicted octanol–water partition coefficient (Wildman–Crippen LogP) is 2.04. The van der Waals surface area contributed by atoms with Gasteiger partial charge in [0.2, 0.25) is 5.89 Å². The van der Waals surface area contributed by atoms with Crippen LogP contribution in [0.25, 0.3) is 0 Å². The van der Waals surface area contributed by atoms with Gasteiger partial charge in [0, 0.05) is 18.0 Å². The van der Waals surface area contributed by atoms with Crippen LogP contribution >= 0.6 is 0 Å². The molecule has 1 aliphatic rings. The molecule has 1 saturated heterocycles. The normalized spacial score (nSPS) is 18.7. The first-order valence-electron chi connectivity index (χ1n) is 7.78. The first kappa shape index (κ1) is 15.7. The van der Waals surface area contributed by atoms with Crippen LogP contribution in [0.1, 0.15) is 66.4 Å². The molecule has 0 bridgehead atoms. The van der Waals surface area contributed by atoms with E-state index in [0.717, 1.165) is 30.8 Å². The monoisotopic (exact) mass is 319 g/mol. The average Bonchev–Trinajstić information content (AvgIpc) is 3.26. The van der Waals surface area contributed by atoms with Gasteiger partial charge in [0.05, 0.1) is 19.3 Å². The second-order valence-corrected chi connectivity index (χ2v) is 6.04. The van der Waals surface area contributed by atoms with E-state index in [2.05, 4.69) is 25.2 Å². The highest BCUT2D eigenvalue weighted by Gasteiger charge is 2.32. The number of ether oxygens (including phenoxy) is 1. The number of likely N-dealkylation sites (tertiary alicyclic amines) is 1. The van der Waals surface area contributed by atoms with Crippen molar-refractivity contribution in [1.29, 1.82) is 0 Å². The molecule has 3 heterocycles. The van der Waals surface area contributed by atoms with Crippen LogP contribution in [0.4, 0.5) is 0 Å². The van der Waals surface area contributed by atoms with Gasteiger partial charge in [-0.25, -0.2) is 4.79 Å². The van der Waals surface area contributed by atoms with Crippen molar-refractivity contribution >= 4 is 5.97 Å². The molecule has 8 heteroatoms. The summed E-state index contributed by atoms with van der Waals surface area (Å²) in [6.07, 6.45) is 3.68. The minimum atomic E-state index is -0.409. The predicted molar refractivity (Wildman–Crippen MR) is 80.7 cm³/mol. The summed E-state index contributed by atoms with van der Waals surface area (Å²) >= 11 is 0. The fourth-order valence-corrected chi connectivity index (χ4v) is 2.84. The highest BCUT2D eigenvalue weighted by atomic mass is 16.5. The van der Waals surface area contributed by atoms with E-state index >= 15 is 0 Å². The summed E-state index contributed by atoms with van der Waals surface area (Å²) in [6.45, 7) is 5.57. The van der Waals surface area contributed by atoms with Gasteiger partial charge in [0.25, 0.3) is 0 Å². The lowest BCUT2D eigenvalue weighted by atomic mass is 10.2. The Morgan fingerprint density at radius 1 is 1.57 bits per heavy atom. The number of hydrogen-bond donors (Lipinski definition) is 1. The van der Waals surface area contributed by atoms with Gasteiger partial charge in [-0.1, -0.05) is 19.0 Å². The smallest absolute Gasteiger partial charge is 0.356 e. The van der Waals surface area contributed by atoms with Crippen LogP contribution in [0.15, 0.2) is 10.7 Å². The third-order valence-corrected chi connectivity index (χ3v) is 4.10. The van der Waals surface area contributed by atoms with E-state index in [4.69, 9.17) is 9.26 Å². The summed E-state index contributed by atoms with van der Waals surface area (Å²) in [4.78, 5) is 18.5. The molecule has 0 radical (unpaired) electrons. The zero-order valence-electron chi connectivity index (χ0n) is 13.6. The molecule has 2 aromatic rings. The van der Waals surface area contributed by atoms with E-state index in [-0.39, 0.29) is 12.0 Å². The SMILES string of the molecule is COC(=O)c1[nH]ncc1CN1CCC[C@@H]1c1nc(C(C)C)no1. The lowest BCUT2D eigenvalue weighted by Crippen LogP contribution is -2.24. The molecule has 1 atom stereocenters. The van der Waals surface area contributed by atoms with Gasteiger partial charge in [-0.05, 0) is 19.4 Å². The Morgan fingerprint density at radius 3 is 3.09 bits per heavy atom. The molecule has 8 nitrogen and oxygen atoms in total. The zero-order chi connectivity index (χ0) is 16.4. The van der Waals surface area contributed by atoms with Gasteiger partial charge in [-0.15, -0.1) is 0 Å². The van der Waals surface area contributed by atoms with Gasteiger partial charge >= 0.3 is 5.97 Å². The van der Waals surface area contributed by atoms with Crippen molar-refractivity contribution in [1.82, 2.24) is 25.2 Å². The average molecular weight is 319 g/mol. The number of nitrogens with zero attached hydrogens (tertiary/aromatic N) is 4. The van der Waals surface area contributed by atoms with E-state index in [0.29, 0.717) is 18.1 Å². The van der Waals surface area contributed by atoms with Gasteiger partial charge in [-0.2, -0.15) is 10.1 Å². The van der Waals surface area contributed by atoms with Crippen LogP contribution in [0.5, 0.6) is 0 Å². The van der Waals surface area contributed by atoms with Crippen LogP contribution < -0.4 is 0 Å². The number of hydrogen-bond acceptors (Lipinski definition) is 7.